The molecule has 2 aliphatic heterocycles. The van der Waals surface area contributed by atoms with Gasteiger partial charge < -0.3 is 10.1 Å². The summed E-state index contributed by atoms with van der Waals surface area (Å²) in [5.41, 5.74) is 1.22. The van der Waals surface area contributed by atoms with Gasteiger partial charge in [0.2, 0.25) is 0 Å². The molecule has 4 nitrogen and oxygen atoms in total. The Morgan fingerprint density at radius 2 is 1.73 bits per heavy atom. The summed E-state index contributed by atoms with van der Waals surface area (Å²) in [4.78, 5) is 24.8. The fraction of sp³-hybridized carbons (Fsp3) is 0.222. The lowest BCUT2D eigenvalue weighted by molar-refractivity contribution is -0.170. The van der Waals surface area contributed by atoms with Gasteiger partial charge >= 0.3 is 0 Å². The molecule has 1 amide bonds. The lowest BCUT2D eigenvalue weighted by atomic mass is 9.84. The van der Waals surface area contributed by atoms with Crippen molar-refractivity contribution in [3.63, 3.8) is 0 Å². The fourth-order valence-corrected chi connectivity index (χ4v) is 3.32. The van der Waals surface area contributed by atoms with E-state index in [1.165, 1.54) is 0 Å². The van der Waals surface area contributed by atoms with Crippen LogP contribution in [0, 0.1) is 0 Å². The molecule has 0 aromatic heterocycles. The number of carbonyl (C=O) groups excluding carboxylic acids is 2. The number of ketones is 1. The van der Waals surface area contributed by atoms with E-state index in [2.05, 4.69) is 5.32 Å². The van der Waals surface area contributed by atoms with Gasteiger partial charge in [0.25, 0.3) is 5.91 Å². The molecular weight excluding hydrogens is 278 g/mol. The minimum absolute atomic E-state index is 0.0481. The predicted octanol–water partition coefficient (Wildman–Crippen LogP) is 2.95. The largest absolute Gasteiger partial charge is 0.351 e. The van der Waals surface area contributed by atoms with E-state index in [4.69, 9.17) is 4.74 Å². The molecule has 1 fully saturated rings. The number of Topliss-reactive ketones (excluding diaryl/α,β-unsaturated/α-hetero) is 1. The Bertz CT molecular complexity index is 756. The first-order chi connectivity index (χ1) is 10.7. The van der Waals surface area contributed by atoms with Gasteiger partial charge in [-0.05, 0) is 11.6 Å². The highest BCUT2D eigenvalue weighted by Crippen LogP contribution is 2.48. The van der Waals surface area contributed by atoms with Crippen molar-refractivity contribution >= 4 is 17.4 Å². The molecule has 0 bridgehead atoms. The summed E-state index contributed by atoms with van der Waals surface area (Å²) in [6.07, 6.45) is 0.0137. The van der Waals surface area contributed by atoms with Crippen molar-refractivity contribution < 1.29 is 14.3 Å². The Balaban J connectivity index is 1.79. The molecule has 1 unspecified atom stereocenters. The highest BCUT2D eigenvalue weighted by Gasteiger charge is 2.53. The minimum atomic E-state index is -1.19. The Morgan fingerprint density at radius 1 is 1.00 bits per heavy atom. The number of nitrogens with one attached hydrogen (secondary N) is 1. The van der Waals surface area contributed by atoms with Crippen LogP contribution in [0.2, 0.25) is 0 Å². The van der Waals surface area contributed by atoms with Crippen molar-refractivity contribution in [2.75, 3.05) is 5.32 Å². The van der Waals surface area contributed by atoms with Crippen molar-refractivity contribution in [2.24, 2.45) is 0 Å². The van der Waals surface area contributed by atoms with Gasteiger partial charge in [-0.15, -0.1) is 0 Å². The Labute approximate surface area is 128 Å². The van der Waals surface area contributed by atoms with E-state index in [0.717, 1.165) is 16.8 Å². The van der Waals surface area contributed by atoms with Crippen LogP contribution in [-0.2, 0) is 19.9 Å². The smallest absolute Gasteiger partial charge is 0.261 e. The Kier molecular flexibility index (Phi) is 2.87. The van der Waals surface area contributed by atoms with Gasteiger partial charge in [0.15, 0.2) is 5.60 Å². The molecule has 2 atom stereocenters. The van der Waals surface area contributed by atoms with Crippen LogP contribution in [0.5, 0.6) is 0 Å². The van der Waals surface area contributed by atoms with Crippen LogP contribution in [0.1, 0.15) is 30.1 Å². The minimum Gasteiger partial charge on any atom is -0.351 e. The second kappa shape index (κ2) is 4.78. The zero-order valence-electron chi connectivity index (χ0n) is 11.9. The monoisotopic (exact) mass is 293 g/mol. The maximum atomic E-state index is 12.5. The van der Waals surface area contributed by atoms with Crippen molar-refractivity contribution in [3.05, 3.63) is 65.7 Å². The highest BCUT2D eigenvalue weighted by molar-refractivity contribution is 6.07. The van der Waals surface area contributed by atoms with E-state index in [0.29, 0.717) is 6.42 Å². The first-order valence-corrected chi connectivity index (χ1v) is 7.34. The number of fused-ring (bicyclic) bond motifs is 2. The molecule has 1 spiro atoms. The van der Waals surface area contributed by atoms with Gasteiger partial charge in [0.05, 0.1) is 6.10 Å². The molecule has 0 saturated carbocycles. The molecule has 110 valence electrons. The quantitative estimate of drug-likeness (QED) is 0.879. The summed E-state index contributed by atoms with van der Waals surface area (Å²) < 4.78 is 6.20. The number of anilines is 1. The zero-order valence-corrected chi connectivity index (χ0v) is 11.9. The number of amides is 1. The summed E-state index contributed by atoms with van der Waals surface area (Å²) in [6.45, 7) is 0. The van der Waals surface area contributed by atoms with Crippen molar-refractivity contribution in [2.45, 2.75) is 24.5 Å². The molecule has 2 aromatic rings. The predicted molar refractivity (Wildman–Crippen MR) is 81.3 cm³/mol. The van der Waals surface area contributed by atoms with Crippen LogP contribution in [0.15, 0.2) is 54.6 Å². The molecule has 0 aliphatic carbocycles. The summed E-state index contributed by atoms with van der Waals surface area (Å²) in [5.74, 6) is -0.199. The summed E-state index contributed by atoms with van der Waals surface area (Å²) >= 11 is 0. The third-order valence-electron chi connectivity index (χ3n) is 4.35. The van der Waals surface area contributed by atoms with Crippen molar-refractivity contribution in [1.82, 2.24) is 0 Å². The van der Waals surface area contributed by atoms with Gasteiger partial charge in [0.1, 0.15) is 5.78 Å². The topological polar surface area (TPSA) is 55.4 Å². The van der Waals surface area contributed by atoms with Crippen LogP contribution in [0.25, 0.3) is 0 Å². The average molecular weight is 293 g/mol. The van der Waals surface area contributed by atoms with E-state index >= 15 is 0 Å². The van der Waals surface area contributed by atoms with Gasteiger partial charge in [-0.25, -0.2) is 0 Å². The van der Waals surface area contributed by atoms with E-state index in [-0.39, 0.29) is 24.2 Å². The number of hydrogen-bond donors (Lipinski definition) is 1. The summed E-state index contributed by atoms with van der Waals surface area (Å²) in [7, 11) is 0. The summed E-state index contributed by atoms with van der Waals surface area (Å²) in [5, 5.41) is 2.83. The normalized spacial score (nSPS) is 26.8. The Hall–Kier alpha value is -2.46. The second-order valence-electron chi connectivity index (χ2n) is 5.76. The van der Waals surface area contributed by atoms with Crippen molar-refractivity contribution in [1.29, 1.82) is 0 Å². The molecule has 4 heteroatoms. The number of para-hydroxylation sites is 1. The van der Waals surface area contributed by atoms with Crippen LogP contribution < -0.4 is 5.32 Å². The number of benzene rings is 2. The molecule has 4 rings (SSSR count). The molecule has 2 aliphatic rings. The number of ether oxygens (including phenoxy) is 1. The first-order valence-electron chi connectivity index (χ1n) is 7.34. The Morgan fingerprint density at radius 3 is 2.55 bits per heavy atom. The van der Waals surface area contributed by atoms with Crippen LogP contribution >= 0.6 is 0 Å². The molecule has 0 radical (unpaired) electrons. The van der Waals surface area contributed by atoms with Crippen LogP contribution in [-0.4, -0.2) is 11.7 Å². The lowest BCUT2D eigenvalue weighted by Gasteiger charge is -2.36. The van der Waals surface area contributed by atoms with Gasteiger partial charge in [-0.1, -0.05) is 48.5 Å². The maximum absolute atomic E-state index is 12.5. The molecule has 2 heterocycles. The second-order valence-corrected chi connectivity index (χ2v) is 5.76. The van der Waals surface area contributed by atoms with E-state index in [9.17, 15) is 9.59 Å². The van der Waals surface area contributed by atoms with Gasteiger partial charge in [-0.3, -0.25) is 9.59 Å². The first kappa shape index (κ1) is 13.2. The molecular formula is C18H15NO3. The molecule has 1 saturated heterocycles. The SMILES string of the molecule is O=C1C[C@@H](c2ccccc2)OC2(C1)C(=O)Nc1ccccc12. The van der Waals surface area contributed by atoms with Crippen LogP contribution in [0.4, 0.5) is 5.69 Å². The number of hydrogen-bond acceptors (Lipinski definition) is 3. The van der Waals surface area contributed by atoms with Gasteiger partial charge in [-0.2, -0.15) is 0 Å². The fourth-order valence-electron chi connectivity index (χ4n) is 3.32. The van der Waals surface area contributed by atoms with Gasteiger partial charge in [0, 0.05) is 24.1 Å². The third kappa shape index (κ3) is 1.88. The maximum Gasteiger partial charge on any atom is 0.261 e. The summed E-state index contributed by atoms with van der Waals surface area (Å²) in [6, 6.07) is 17.0. The van der Waals surface area contributed by atoms with Crippen LogP contribution in [0.3, 0.4) is 0 Å². The average Bonchev–Trinajstić information content (AvgIpc) is 2.80. The molecule has 22 heavy (non-hydrogen) atoms. The highest BCUT2D eigenvalue weighted by atomic mass is 16.5. The molecule has 1 N–H and O–H groups in total. The van der Waals surface area contributed by atoms with E-state index in [1.807, 2.05) is 54.6 Å². The third-order valence-corrected chi connectivity index (χ3v) is 4.35. The standard InChI is InChI=1S/C18H15NO3/c20-13-10-16(12-6-2-1-3-7-12)22-18(11-13)14-8-4-5-9-15(14)19-17(18)21/h1-9,16H,10-11H2,(H,19,21)/t16-,18?/m0/s1. The van der Waals surface area contributed by atoms with Crippen molar-refractivity contribution in [3.8, 4) is 0 Å². The lowest BCUT2D eigenvalue weighted by Crippen LogP contribution is -2.44. The van der Waals surface area contributed by atoms with E-state index < -0.39 is 5.60 Å². The van der Waals surface area contributed by atoms with E-state index in [1.54, 1.807) is 0 Å². The number of rotatable bonds is 1. The molecule has 2 aromatic carbocycles. The zero-order chi connectivity index (χ0) is 15.2. The number of carbonyl (C=O) groups is 2.